The topological polar surface area (TPSA) is 65.1 Å². The highest BCUT2D eigenvalue weighted by Gasteiger charge is 2.57. The zero-order chi connectivity index (χ0) is 17.7. The lowest BCUT2D eigenvalue weighted by atomic mass is 9.63. The average molecular weight is 343 g/mol. The number of amides is 2. The van der Waals surface area contributed by atoms with E-state index in [4.69, 9.17) is 14.2 Å². The van der Waals surface area contributed by atoms with Crippen molar-refractivity contribution in [3.05, 3.63) is 24.3 Å². The number of carbonyl (C=O) groups excluding carboxylic acids is 2. The van der Waals surface area contributed by atoms with Crippen LogP contribution in [0.1, 0.15) is 12.8 Å². The highest BCUT2D eigenvalue weighted by atomic mass is 16.5. The van der Waals surface area contributed by atoms with Crippen molar-refractivity contribution in [3.63, 3.8) is 0 Å². The Morgan fingerprint density at radius 2 is 1.32 bits per heavy atom. The van der Waals surface area contributed by atoms with Gasteiger partial charge in [-0.25, -0.2) is 4.90 Å². The van der Waals surface area contributed by atoms with Gasteiger partial charge in [0.1, 0.15) is 0 Å². The summed E-state index contributed by atoms with van der Waals surface area (Å²) in [6.45, 7) is 0. The van der Waals surface area contributed by atoms with Gasteiger partial charge in [0.15, 0.2) is 11.5 Å². The van der Waals surface area contributed by atoms with Gasteiger partial charge in [-0.2, -0.15) is 0 Å². The number of benzene rings is 1. The summed E-state index contributed by atoms with van der Waals surface area (Å²) in [6.07, 6.45) is 6.17. The fourth-order valence-corrected chi connectivity index (χ4v) is 4.52. The van der Waals surface area contributed by atoms with Crippen molar-refractivity contribution in [1.82, 2.24) is 0 Å². The smallest absolute Gasteiger partial charge is 0.238 e. The summed E-state index contributed by atoms with van der Waals surface area (Å²) in [7, 11) is 4.54. The van der Waals surface area contributed by atoms with Gasteiger partial charge in [0.05, 0.1) is 38.9 Å². The lowest BCUT2D eigenvalue weighted by Gasteiger charge is -2.38. The molecule has 1 aliphatic heterocycles. The molecule has 6 nitrogen and oxygen atoms in total. The van der Waals surface area contributed by atoms with Crippen molar-refractivity contribution in [1.29, 1.82) is 0 Å². The second-order valence-corrected chi connectivity index (χ2v) is 6.74. The van der Waals surface area contributed by atoms with Crippen LogP contribution >= 0.6 is 0 Å². The molecule has 2 bridgehead atoms. The van der Waals surface area contributed by atoms with Gasteiger partial charge in [-0.05, 0) is 24.7 Å². The predicted octanol–water partition coefficient (Wildman–Crippen LogP) is 2.41. The highest BCUT2D eigenvalue weighted by Crippen LogP contribution is 2.51. The van der Waals surface area contributed by atoms with Crippen molar-refractivity contribution >= 4 is 17.5 Å². The van der Waals surface area contributed by atoms with Gasteiger partial charge in [0.25, 0.3) is 0 Å². The fourth-order valence-electron chi connectivity index (χ4n) is 4.52. The molecular weight excluding hydrogens is 322 g/mol. The first-order valence-electron chi connectivity index (χ1n) is 8.46. The quantitative estimate of drug-likeness (QED) is 0.620. The third-order valence-electron chi connectivity index (χ3n) is 5.67. The summed E-state index contributed by atoms with van der Waals surface area (Å²) in [5.41, 5.74) is 0.471. The Morgan fingerprint density at radius 1 is 0.840 bits per heavy atom. The zero-order valence-corrected chi connectivity index (χ0v) is 14.5. The summed E-state index contributed by atoms with van der Waals surface area (Å²) in [5, 5.41) is 0. The zero-order valence-electron chi connectivity index (χ0n) is 14.5. The molecular formula is C19H21NO5. The molecule has 25 heavy (non-hydrogen) atoms. The third-order valence-corrected chi connectivity index (χ3v) is 5.67. The van der Waals surface area contributed by atoms with Gasteiger partial charge in [-0.15, -0.1) is 0 Å². The molecule has 1 aromatic carbocycles. The number of hydrogen-bond acceptors (Lipinski definition) is 5. The number of allylic oxidation sites excluding steroid dienone is 2. The monoisotopic (exact) mass is 343 g/mol. The van der Waals surface area contributed by atoms with E-state index in [2.05, 4.69) is 12.2 Å². The fraction of sp³-hybridized carbons (Fsp3) is 0.474. The molecule has 1 aromatic rings. The molecule has 0 N–H and O–H groups in total. The number of hydrogen-bond donors (Lipinski definition) is 0. The van der Waals surface area contributed by atoms with Crippen LogP contribution in [0.5, 0.6) is 17.2 Å². The number of carbonyl (C=O) groups is 2. The van der Waals surface area contributed by atoms with Gasteiger partial charge in [0, 0.05) is 12.1 Å². The largest absolute Gasteiger partial charge is 0.493 e. The average Bonchev–Trinajstić information content (AvgIpc) is 2.94. The van der Waals surface area contributed by atoms with Crippen LogP contribution in [0.2, 0.25) is 0 Å². The minimum Gasteiger partial charge on any atom is -0.493 e. The molecule has 2 fully saturated rings. The minimum atomic E-state index is -0.240. The number of imide groups is 1. The maximum atomic E-state index is 13.1. The van der Waals surface area contributed by atoms with Crippen LogP contribution < -0.4 is 19.1 Å². The van der Waals surface area contributed by atoms with Gasteiger partial charge in [0.2, 0.25) is 17.6 Å². The van der Waals surface area contributed by atoms with Crippen molar-refractivity contribution in [2.75, 3.05) is 26.2 Å². The molecule has 4 atom stereocenters. The number of ether oxygens (including phenoxy) is 3. The van der Waals surface area contributed by atoms with E-state index in [1.807, 2.05) is 0 Å². The summed E-state index contributed by atoms with van der Waals surface area (Å²) in [4.78, 5) is 27.4. The van der Waals surface area contributed by atoms with Gasteiger partial charge in [-0.3, -0.25) is 9.59 Å². The Kier molecular flexibility index (Phi) is 3.71. The lowest BCUT2D eigenvalue weighted by Crippen LogP contribution is -2.38. The summed E-state index contributed by atoms with van der Waals surface area (Å²) in [5.74, 6) is 0.892. The van der Waals surface area contributed by atoms with Crippen LogP contribution in [-0.2, 0) is 9.59 Å². The van der Waals surface area contributed by atoms with E-state index in [1.165, 1.54) is 26.2 Å². The highest BCUT2D eigenvalue weighted by molar-refractivity contribution is 6.22. The number of nitrogens with zero attached hydrogens (tertiary/aromatic N) is 1. The molecule has 4 aliphatic rings. The molecule has 132 valence electrons. The van der Waals surface area contributed by atoms with Gasteiger partial charge >= 0.3 is 0 Å². The number of fused-ring (bicyclic) bond motifs is 1. The molecule has 5 rings (SSSR count). The summed E-state index contributed by atoms with van der Waals surface area (Å²) < 4.78 is 16.0. The van der Waals surface area contributed by atoms with E-state index < -0.39 is 0 Å². The van der Waals surface area contributed by atoms with Crippen LogP contribution in [0.3, 0.4) is 0 Å². The molecule has 2 amide bonds. The van der Waals surface area contributed by atoms with Crippen molar-refractivity contribution in [3.8, 4) is 17.2 Å². The Hall–Kier alpha value is -2.50. The second kappa shape index (κ2) is 5.79. The van der Waals surface area contributed by atoms with Crippen molar-refractivity contribution < 1.29 is 23.8 Å². The molecule has 3 aliphatic carbocycles. The maximum Gasteiger partial charge on any atom is 0.238 e. The number of methoxy groups -OCH3 is 3. The molecule has 0 radical (unpaired) electrons. The van der Waals surface area contributed by atoms with Crippen LogP contribution in [0.4, 0.5) is 5.69 Å². The van der Waals surface area contributed by atoms with Crippen molar-refractivity contribution in [2.45, 2.75) is 12.8 Å². The van der Waals surface area contributed by atoms with E-state index in [-0.39, 0.29) is 35.5 Å². The minimum absolute atomic E-state index is 0.122. The van der Waals surface area contributed by atoms with Gasteiger partial charge in [-0.1, -0.05) is 12.2 Å². The van der Waals surface area contributed by atoms with Crippen molar-refractivity contribution in [2.24, 2.45) is 23.7 Å². The molecule has 0 aromatic heterocycles. The first-order valence-corrected chi connectivity index (χ1v) is 8.46. The SMILES string of the molecule is COc1cc(N2C(=O)C3C4C=CC(CC4)C3C2=O)cc(OC)c1OC. The lowest BCUT2D eigenvalue weighted by molar-refractivity contribution is -0.124. The first-order chi connectivity index (χ1) is 12.1. The van der Waals surface area contributed by atoms with Crippen LogP contribution in [0.15, 0.2) is 24.3 Å². The Morgan fingerprint density at radius 3 is 1.68 bits per heavy atom. The molecule has 1 heterocycles. The number of rotatable bonds is 4. The maximum absolute atomic E-state index is 13.1. The van der Waals surface area contributed by atoms with Crippen LogP contribution in [0.25, 0.3) is 0 Å². The van der Waals surface area contributed by atoms with E-state index in [0.29, 0.717) is 22.9 Å². The summed E-state index contributed by atoms with van der Waals surface area (Å²) in [6, 6.07) is 3.31. The van der Waals surface area contributed by atoms with Gasteiger partial charge < -0.3 is 14.2 Å². The third kappa shape index (κ3) is 2.16. The normalized spacial score (nSPS) is 29.8. The standard InChI is InChI=1S/C19H21NO5/c1-23-13-8-12(9-14(24-2)17(13)25-3)20-18(21)15-10-4-5-11(7-6-10)16(15)19(20)22/h4-5,8-11,15-16H,6-7H2,1-3H3. The molecule has 1 saturated carbocycles. The Bertz CT molecular complexity index is 714. The molecule has 6 heteroatoms. The molecule has 1 saturated heterocycles. The van der Waals surface area contributed by atoms with E-state index in [1.54, 1.807) is 12.1 Å². The molecule has 4 unspecified atom stereocenters. The predicted molar refractivity (Wildman–Crippen MR) is 90.9 cm³/mol. The second-order valence-electron chi connectivity index (χ2n) is 6.74. The van der Waals surface area contributed by atoms with Crippen LogP contribution in [0, 0.1) is 23.7 Å². The van der Waals surface area contributed by atoms with E-state index >= 15 is 0 Å². The molecule has 0 spiro atoms. The Labute approximate surface area is 146 Å². The van der Waals surface area contributed by atoms with E-state index in [9.17, 15) is 9.59 Å². The first kappa shape index (κ1) is 16.0. The van der Waals surface area contributed by atoms with E-state index in [0.717, 1.165) is 12.8 Å². The summed E-state index contributed by atoms with van der Waals surface area (Å²) >= 11 is 0. The van der Waals surface area contributed by atoms with Crippen LogP contribution in [-0.4, -0.2) is 33.1 Å². The number of anilines is 1. The Balaban J connectivity index is 1.78.